The van der Waals surface area contributed by atoms with Gasteiger partial charge in [-0.1, -0.05) is 6.07 Å². The highest BCUT2D eigenvalue weighted by Crippen LogP contribution is 2.34. The second kappa shape index (κ2) is 4.44. The Balaban J connectivity index is 3.26. The molecule has 1 unspecified atom stereocenters. The summed E-state index contributed by atoms with van der Waals surface area (Å²) in [5.74, 6) is -1.41. The lowest BCUT2D eigenvalue weighted by Crippen LogP contribution is -2.23. The van der Waals surface area contributed by atoms with E-state index in [1.165, 1.54) is 6.92 Å². The molecule has 0 aliphatic rings. The molecular weight excluding hydrogens is 240 g/mol. The lowest BCUT2D eigenvalue weighted by molar-refractivity contribution is -0.140. The fraction of sp³-hybridized carbons (Fsp3) is 0.364. The molecule has 2 nitrogen and oxygen atoms in total. The zero-order valence-electron chi connectivity index (χ0n) is 8.88. The van der Waals surface area contributed by atoms with E-state index in [0.29, 0.717) is 18.4 Å². The average Bonchev–Trinajstić information content (AvgIpc) is 2.15. The summed E-state index contributed by atoms with van der Waals surface area (Å²) in [6, 6.07) is 2.16. The highest BCUT2D eigenvalue weighted by molar-refractivity contribution is 5.52. The number of rotatable bonds is 3. The molecule has 0 bridgehead atoms. The topological polar surface area (TPSA) is 37.3 Å². The van der Waals surface area contributed by atoms with Crippen molar-refractivity contribution in [1.82, 2.24) is 0 Å². The second-order valence-electron chi connectivity index (χ2n) is 3.84. The number of carbonyl (C=O) groups is 1. The largest absolute Gasteiger partial charge is 0.419 e. The van der Waals surface area contributed by atoms with Gasteiger partial charge in [0.15, 0.2) is 0 Å². The minimum Gasteiger partial charge on any atom is -0.385 e. The number of alkyl halides is 3. The normalized spacial score (nSPS) is 15.4. The Kier molecular flexibility index (Phi) is 3.56. The molecule has 0 aliphatic carbocycles. The first-order chi connectivity index (χ1) is 7.68. The van der Waals surface area contributed by atoms with Crippen molar-refractivity contribution in [3.8, 4) is 0 Å². The van der Waals surface area contributed by atoms with Crippen molar-refractivity contribution in [3.63, 3.8) is 0 Å². The maximum absolute atomic E-state index is 13.0. The van der Waals surface area contributed by atoms with Crippen LogP contribution in [0.1, 0.15) is 24.5 Å². The maximum Gasteiger partial charge on any atom is 0.419 e. The van der Waals surface area contributed by atoms with E-state index >= 15 is 0 Å². The molecule has 1 atom stereocenters. The van der Waals surface area contributed by atoms with Gasteiger partial charge in [0.1, 0.15) is 12.1 Å². The summed E-state index contributed by atoms with van der Waals surface area (Å²) in [6.45, 7) is 1.19. The maximum atomic E-state index is 13.0. The predicted molar refractivity (Wildman–Crippen MR) is 51.7 cm³/mol. The van der Waals surface area contributed by atoms with Crippen LogP contribution >= 0.6 is 0 Å². The van der Waals surface area contributed by atoms with Crippen LogP contribution in [0, 0.1) is 5.82 Å². The van der Waals surface area contributed by atoms with Gasteiger partial charge in [-0.15, -0.1) is 0 Å². The molecule has 0 aromatic heterocycles. The Labute approximate surface area is 94.9 Å². The van der Waals surface area contributed by atoms with Gasteiger partial charge in [-0.3, -0.25) is 0 Å². The number of hydrogen-bond donors (Lipinski definition) is 1. The van der Waals surface area contributed by atoms with Gasteiger partial charge in [0.25, 0.3) is 0 Å². The molecule has 1 aromatic rings. The SMILES string of the molecule is CC(O)(CC=O)c1ccc(F)c(C(F)(F)F)c1. The van der Waals surface area contributed by atoms with Gasteiger partial charge in [0.05, 0.1) is 11.2 Å². The van der Waals surface area contributed by atoms with E-state index in [1.807, 2.05) is 0 Å². The van der Waals surface area contributed by atoms with Crippen molar-refractivity contribution in [2.24, 2.45) is 0 Å². The van der Waals surface area contributed by atoms with Gasteiger partial charge in [-0.25, -0.2) is 4.39 Å². The highest BCUT2D eigenvalue weighted by Gasteiger charge is 2.36. The molecule has 0 spiro atoms. The molecule has 0 saturated carbocycles. The van der Waals surface area contributed by atoms with Gasteiger partial charge in [-0.05, 0) is 24.6 Å². The van der Waals surface area contributed by atoms with Crippen LogP contribution in [-0.2, 0) is 16.6 Å². The van der Waals surface area contributed by atoms with E-state index in [9.17, 15) is 27.5 Å². The van der Waals surface area contributed by atoms with E-state index < -0.39 is 23.2 Å². The zero-order chi connectivity index (χ0) is 13.3. The summed E-state index contributed by atoms with van der Waals surface area (Å²) >= 11 is 0. The van der Waals surface area contributed by atoms with Crippen LogP contribution < -0.4 is 0 Å². The summed E-state index contributed by atoms with van der Waals surface area (Å²) in [5, 5.41) is 9.75. The zero-order valence-corrected chi connectivity index (χ0v) is 8.88. The van der Waals surface area contributed by atoms with Crippen LogP contribution in [0.25, 0.3) is 0 Å². The Morgan fingerprint density at radius 1 is 1.35 bits per heavy atom. The van der Waals surface area contributed by atoms with Gasteiger partial charge in [0, 0.05) is 6.42 Å². The lowest BCUT2D eigenvalue weighted by atomic mass is 9.91. The molecule has 1 rings (SSSR count). The van der Waals surface area contributed by atoms with E-state index in [2.05, 4.69) is 0 Å². The minimum absolute atomic E-state index is 0.154. The molecule has 0 saturated heterocycles. The molecule has 0 amide bonds. The van der Waals surface area contributed by atoms with Crippen molar-refractivity contribution in [3.05, 3.63) is 35.1 Å². The summed E-state index contributed by atoms with van der Waals surface area (Å²) in [7, 11) is 0. The second-order valence-corrected chi connectivity index (χ2v) is 3.84. The molecular formula is C11H10F4O2. The summed E-state index contributed by atoms with van der Waals surface area (Å²) in [5.41, 5.74) is -3.35. The minimum atomic E-state index is -4.84. The molecule has 17 heavy (non-hydrogen) atoms. The third-order valence-corrected chi connectivity index (χ3v) is 2.37. The first-order valence-electron chi connectivity index (χ1n) is 4.72. The smallest absolute Gasteiger partial charge is 0.385 e. The van der Waals surface area contributed by atoms with Crippen molar-refractivity contribution < 1.29 is 27.5 Å². The third-order valence-electron chi connectivity index (χ3n) is 2.37. The van der Waals surface area contributed by atoms with Gasteiger partial charge in [-0.2, -0.15) is 13.2 Å². The van der Waals surface area contributed by atoms with E-state index in [1.54, 1.807) is 0 Å². The average molecular weight is 250 g/mol. The Hall–Kier alpha value is -1.43. The molecule has 0 radical (unpaired) electrons. The van der Waals surface area contributed by atoms with Crippen molar-refractivity contribution >= 4 is 6.29 Å². The lowest BCUT2D eigenvalue weighted by Gasteiger charge is -2.22. The van der Waals surface area contributed by atoms with Gasteiger partial charge in [0.2, 0.25) is 0 Å². The van der Waals surface area contributed by atoms with E-state index in [-0.39, 0.29) is 12.0 Å². The van der Waals surface area contributed by atoms with Crippen LogP contribution in [0.5, 0.6) is 0 Å². The number of aldehydes is 1. The third kappa shape index (κ3) is 3.03. The number of halogens is 4. The molecule has 1 aromatic carbocycles. The van der Waals surface area contributed by atoms with Crippen LogP contribution in [0.3, 0.4) is 0 Å². The quantitative estimate of drug-likeness (QED) is 0.661. The Bertz CT molecular complexity index is 424. The van der Waals surface area contributed by atoms with Gasteiger partial charge < -0.3 is 9.90 Å². The first kappa shape index (κ1) is 13.6. The Morgan fingerprint density at radius 2 is 1.94 bits per heavy atom. The van der Waals surface area contributed by atoms with Crippen LogP contribution in [0.2, 0.25) is 0 Å². The van der Waals surface area contributed by atoms with Gasteiger partial charge >= 0.3 is 6.18 Å². The monoisotopic (exact) mass is 250 g/mol. The van der Waals surface area contributed by atoms with Crippen LogP contribution in [0.4, 0.5) is 17.6 Å². The summed E-state index contributed by atoms with van der Waals surface area (Å²) in [6.07, 6.45) is -4.82. The summed E-state index contributed by atoms with van der Waals surface area (Å²) < 4.78 is 50.2. The van der Waals surface area contributed by atoms with Crippen molar-refractivity contribution in [2.45, 2.75) is 25.1 Å². The fourth-order valence-corrected chi connectivity index (χ4v) is 1.36. The molecule has 0 aliphatic heterocycles. The van der Waals surface area contributed by atoms with E-state index in [4.69, 9.17) is 0 Å². The van der Waals surface area contributed by atoms with E-state index in [0.717, 1.165) is 6.07 Å². The summed E-state index contributed by atoms with van der Waals surface area (Å²) in [4.78, 5) is 10.3. The van der Waals surface area contributed by atoms with Crippen molar-refractivity contribution in [2.75, 3.05) is 0 Å². The number of aliphatic hydroxyl groups is 1. The first-order valence-corrected chi connectivity index (χ1v) is 4.72. The molecule has 0 fully saturated rings. The number of hydrogen-bond acceptors (Lipinski definition) is 2. The van der Waals surface area contributed by atoms with Crippen LogP contribution in [-0.4, -0.2) is 11.4 Å². The highest BCUT2D eigenvalue weighted by atomic mass is 19.4. The molecule has 0 heterocycles. The number of carbonyl (C=O) groups excluding carboxylic acids is 1. The molecule has 94 valence electrons. The van der Waals surface area contributed by atoms with Crippen LogP contribution in [0.15, 0.2) is 18.2 Å². The Morgan fingerprint density at radius 3 is 2.41 bits per heavy atom. The predicted octanol–water partition coefficient (Wildman–Crippen LogP) is 2.64. The molecule has 1 N–H and O–H groups in total. The standard InChI is InChI=1S/C11H10F4O2/c1-10(17,4-5-16)7-2-3-9(12)8(6-7)11(13,14)15/h2-3,5-6,17H,4H2,1H3. The fourth-order valence-electron chi connectivity index (χ4n) is 1.36. The molecule has 6 heteroatoms. The van der Waals surface area contributed by atoms with Crippen molar-refractivity contribution in [1.29, 1.82) is 0 Å². The number of benzene rings is 1.